The second kappa shape index (κ2) is 6.99. The summed E-state index contributed by atoms with van der Waals surface area (Å²) in [7, 11) is 1.68. The summed E-state index contributed by atoms with van der Waals surface area (Å²) in [4.78, 5) is 0. The molecule has 2 aromatic carbocycles. The predicted octanol–water partition coefficient (Wildman–Crippen LogP) is 4.47. The van der Waals surface area contributed by atoms with Crippen LogP contribution in [0, 0.1) is 5.92 Å². The summed E-state index contributed by atoms with van der Waals surface area (Å²) < 4.78 is 11.3. The van der Waals surface area contributed by atoms with Crippen LogP contribution in [0.15, 0.2) is 48.5 Å². The molecule has 106 valence electrons. The number of hydrogen-bond acceptors (Lipinski definition) is 2. The van der Waals surface area contributed by atoms with E-state index in [0.717, 1.165) is 23.5 Å². The van der Waals surface area contributed by atoms with Crippen molar-refractivity contribution in [3.63, 3.8) is 0 Å². The molecule has 2 aromatic rings. The van der Waals surface area contributed by atoms with Crippen LogP contribution in [0.2, 0.25) is 0 Å². The Hall–Kier alpha value is -1.96. The fourth-order valence-corrected chi connectivity index (χ4v) is 2.16. The van der Waals surface area contributed by atoms with Gasteiger partial charge in [-0.1, -0.05) is 50.2 Å². The number of methoxy groups -OCH3 is 1. The molecule has 0 bridgehead atoms. The van der Waals surface area contributed by atoms with Gasteiger partial charge in [-0.05, 0) is 35.6 Å². The van der Waals surface area contributed by atoms with Gasteiger partial charge in [-0.3, -0.25) is 0 Å². The van der Waals surface area contributed by atoms with Crippen LogP contribution in [0.25, 0.3) is 0 Å². The van der Waals surface area contributed by atoms with Crippen molar-refractivity contribution in [3.05, 3.63) is 59.7 Å². The molecule has 20 heavy (non-hydrogen) atoms. The molecule has 0 fully saturated rings. The van der Waals surface area contributed by atoms with Crippen molar-refractivity contribution >= 4 is 0 Å². The van der Waals surface area contributed by atoms with Crippen LogP contribution in [0.3, 0.4) is 0 Å². The maximum absolute atomic E-state index is 5.85. The lowest BCUT2D eigenvalue weighted by atomic mass is 10.0. The first-order valence-corrected chi connectivity index (χ1v) is 7.02. The van der Waals surface area contributed by atoms with Crippen molar-refractivity contribution < 1.29 is 9.47 Å². The number of benzene rings is 2. The van der Waals surface area contributed by atoms with Gasteiger partial charge in [0.25, 0.3) is 0 Å². The number of hydrogen-bond donors (Lipinski definition) is 0. The van der Waals surface area contributed by atoms with Crippen LogP contribution in [0.5, 0.6) is 11.5 Å². The Balaban J connectivity index is 2.07. The third-order valence-electron chi connectivity index (χ3n) is 3.11. The van der Waals surface area contributed by atoms with E-state index in [0.29, 0.717) is 12.5 Å². The fourth-order valence-electron chi connectivity index (χ4n) is 2.16. The van der Waals surface area contributed by atoms with Gasteiger partial charge >= 0.3 is 0 Å². The molecule has 0 spiro atoms. The SMILES string of the molecule is COc1cc(CC(C)C)ccc1OCc1ccccc1. The first-order chi connectivity index (χ1) is 9.69. The van der Waals surface area contributed by atoms with Gasteiger partial charge in [0.2, 0.25) is 0 Å². The highest BCUT2D eigenvalue weighted by atomic mass is 16.5. The van der Waals surface area contributed by atoms with E-state index < -0.39 is 0 Å². The Morgan fingerprint density at radius 1 is 0.900 bits per heavy atom. The van der Waals surface area contributed by atoms with Gasteiger partial charge in [-0.15, -0.1) is 0 Å². The van der Waals surface area contributed by atoms with Crippen molar-refractivity contribution in [1.29, 1.82) is 0 Å². The zero-order valence-corrected chi connectivity index (χ0v) is 12.4. The molecule has 0 aliphatic heterocycles. The van der Waals surface area contributed by atoms with Crippen LogP contribution in [0.1, 0.15) is 25.0 Å². The van der Waals surface area contributed by atoms with Crippen LogP contribution >= 0.6 is 0 Å². The minimum atomic E-state index is 0.556. The van der Waals surface area contributed by atoms with Crippen LogP contribution in [0.4, 0.5) is 0 Å². The van der Waals surface area contributed by atoms with Gasteiger partial charge in [0, 0.05) is 0 Å². The minimum absolute atomic E-state index is 0.556. The van der Waals surface area contributed by atoms with Gasteiger partial charge in [0.15, 0.2) is 11.5 Å². The first kappa shape index (κ1) is 14.4. The van der Waals surface area contributed by atoms with Gasteiger partial charge in [-0.25, -0.2) is 0 Å². The largest absolute Gasteiger partial charge is 0.493 e. The minimum Gasteiger partial charge on any atom is -0.493 e. The van der Waals surface area contributed by atoms with E-state index >= 15 is 0 Å². The zero-order chi connectivity index (χ0) is 14.4. The standard InChI is InChI=1S/C18H22O2/c1-14(2)11-16-9-10-17(18(12-16)19-3)20-13-15-7-5-4-6-8-15/h4-10,12,14H,11,13H2,1-3H3. The van der Waals surface area contributed by atoms with E-state index in [9.17, 15) is 0 Å². The van der Waals surface area contributed by atoms with E-state index in [2.05, 4.69) is 38.1 Å². The normalized spacial score (nSPS) is 10.6. The maximum atomic E-state index is 5.85. The smallest absolute Gasteiger partial charge is 0.161 e. The summed E-state index contributed by atoms with van der Waals surface area (Å²) in [6.07, 6.45) is 1.05. The van der Waals surface area contributed by atoms with Crippen molar-refractivity contribution in [3.8, 4) is 11.5 Å². The molecule has 0 atom stereocenters. The van der Waals surface area contributed by atoms with Crippen molar-refractivity contribution in [2.75, 3.05) is 7.11 Å². The molecular weight excluding hydrogens is 248 g/mol. The quantitative estimate of drug-likeness (QED) is 0.771. The van der Waals surface area contributed by atoms with Gasteiger partial charge in [0.1, 0.15) is 6.61 Å². The third kappa shape index (κ3) is 4.02. The molecule has 0 saturated carbocycles. The van der Waals surface area contributed by atoms with Crippen molar-refractivity contribution in [2.45, 2.75) is 26.9 Å². The topological polar surface area (TPSA) is 18.5 Å². The monoisotopic (exact) mass is 270 g/mol. The molecule has 0 unspecified atom stereocenters. The summed E-state index contributed by atoms with van der Waals surface area (Å²) in [6.45, 7) is 4.99. The van der Waals surface area contributed by atoms with E-state index in [1.165, 1.54) is 5.56 Å². The summed E-state index contributed by atoms with van der Waals surface area (Å²) >= 11 is 0. The Labute approximate surface area is 121 Å². The molecule has 0 heterocycles. The molecule has 0 aliphatic carbocycles. The van der Waals surface area contributed by atoms with Crippen LogP contribution in [-0.2, 0) is 13.0 Å². The molecular formula is C18H22O2. The Morgan fingerprint density at radius 3 is 2.30 bits per heavy atom. The lowest BCUT2D eigenvalue weighted by Crippen LogP contribution is -1.99. The second-order valence-corrected chi connectivity index (χ2v) is 5.36. The third-order valence-corrected chi connectivity index (χ3v) is 3.11. The maximum Gasteiger partial charge on any atom is 0.161 e. The van der Waals surface area contributed by atoms with E-state index in [1.807, 2.05) is 24.3 Å². The molecule has 2 rings (SSSR count). The average molecular weight is 270 g/mol. The summed E-state index contributed by atoms with van der Waals surface area (Å²) in [6, 6.07) is 16.3. The lowest BCUT2D eigenvalue weighted by Gasteiger charge is -2.13. The Bertz CT molecular complexity index is 532. The second-order valence-electron chi connectivity index (χ2n) is 5.36. The lowest BCUT2D eigenvalue weighted by molar-refractivity contribution is 0.284. The highest BCUT2D eigenvalue weighted by Gasteiger charge is 2.07. The molecule has 0 amide bonds. The predicted molar refractivity (Wildman–Crippen MR) is 82.3 cm³/mol. The molecule has 2 heteroatoms. The van der Waals surface area contributed by atoms with Gasteiger partial charge < -0.3 is 9.47 Å². The zero-order valence-electron chi connectivity index (χ0n) is 12.4. The molecule has 0 N–H and O–H groups in total. The number of rotatable bonds is 6. The van der Waals surface area contributed by atoms with E-state index in [-0.39, 0.29) is 0 Å². The molecule has 0 aromatic heterocycles. The van der Waals surface area contributed by atoms with E-state index in [4.69, 9.17) is 9.47 Å². The Kier molecular flexibility index (Phi) is 5.05. The van der Waals surface area contributed by atoms with Gasteiger partial charge in [-0.2, -0.15) is 0 Å². The van der Waals surface area contributed by atoms with Crippen molar-refractivity contribution in [2.24, 2.45) is 5.92 Å². The van der Waals surface area contributed by atoms with Gasteiger partial charge in [0.05, 0.1) is 7.11 Å². The van der Waals surface area contributed by atoms with E-state index in [1.54, 1.807) is 7.11 Å². The highest BCUT2D eigenvalue weighted by Crippen LogP contribution is 2.29. The molecule has 0 radical (unpaired) electrons. The summed E-state index contributed by atoms with van der Waals surface area (Å²) in [5.41, 5.74) is 2.43. The van der Waals surface area contributed by atoms with Crippen LogP contribution in [-0.4, -0.2) is 7.11 Å². The first-order valence-electron chi connectivity index (χ1n) is 7.02. The molecule has 0 saturated heterocycles. The molecule has 2 nitrogen and oxygen atoms in total. The summed E-state index contributed by atoms with van der Waals surface area (Å²) in [5, 5.41) is 0. The highest BCUT2D eigenvalue weighted by molar-refractivity contribution is 5.43. The number of ether oxygens (including phenoxy) is 2. The Morgan fingerprint density at radius 2 is 1.65 bits per heavy atom. The molecule has 0 aliphatic rings. The fraction of sp³-hybridized carbons (Fsp3) is 0.333. The van der Waals surface area contributed by atoms with Crippen LogP contribution < -0.4 is 9.47 Å². The van der Waals surface area contributed by atoms with Crippen molar-refractivity contribution in [1.82, 2.24) is 0 Å². The average Bonchev–Trinajstić information content (AvgIpc) is 2.46. The summed E-state index contributed by atoms with van der Waals surface area (Å²) in [5.74, 6) is 2.23.